The quantitative estimate of drug-likeness (QED) is 0.594. The largest absolute Gasteiger partial charge is 0.348 e. The molecule has 3 unspecified atom stereocenters. The van der Waals surface area contributed by atoms with Crippen LogP contribution in [0.5, 0.6) is 0 Å². The summed E-state index contributed by atoms with van der Waals surface area (Å²) in [5.74, 6) is -1.36. The molecule has 2 N–H and O–H groups in total. The highest BCUT2D eigenvalue weighted by Crippen LogP contribution is 2.57. The van der Waals surface area contributed by atoms with Gasteiger partial charge in [0, 0.05) is 23.0 Å². The van der Waals surface area contributed by atoms with Gasteiger partial charge in [0.25, 0.3) is 0 Å². The van der Waals surface area contributed by atoms with Crippen molar-refractivity contribution in [3.63, 3.8) is 0 Å². The second kappa shape index (κ2) is 7.20. The smallest absolute Gasteiger partial charge is 0.238 e. The van der Waals surface area contributed by atoms with Crippen LogP contribution in [-0.2, 0) is 15.0 Å². The molecule has 0 aromatic heterocycles. The van der Waals surface area contributed by atoms with E-state index in [9.17, 15) is 14.0 Å². The molecule has 2 heterocycles. The maximum absolute atomic E-state index is 14.3. The van der Waals surface area contributed by atoms with Gasteiger partial charge in [0.05, 0.1) is 6.04 Å². The number of carbonyl (C=O) groups excluding carboxylic acids is 2. The lowest BCUT2D eigenvalue weighted by atomic mass is 9.59. The summed E-state index contributed by atoms with van der Waals surface area (Å²) in [4.78, 5) is 26.7. The summed E-state index contributed by atoms with van der Waals surface area (Å²) in [6, 6.07) is 18.5. The van der Waals surface area contributed by atoms with Crippen LogP contribution < -0.4 is 10.6 Å². The highest BCUT2D eigenvalue weighted by atomic mass is 35.5. The number of hydrogen-bond acceptors (Lipinski definition) is 2. The number of para-hydroxylation sites is 1. The summed E-state index contributed by atoms with van der Waals surface area (Å²) >= 11 is 6.27. The molecule has 2 aliphatic heterocycles. The summed E-state index contributed by atoms with van der Waals surface area (Å²) < 4.78 is 14.3. The molecule has 3 aromatic rings. The van der Waals surface area contributed by atoms with Crippen LogP contribution in [0.2, 0.25) is 5.02 Å². The summed E-state index contributed by atoms with van der Waals surface area (Å²) in [6.45, 7) is 1.88. The Kier molecular flexibility index (Phi) is 4.59. The van der Waals surface area contributed by atoms with Gasteiger partial charge in [-0.25, -0.2) is 4.39 Å². The van der Waals surface area contributed by atoms with Crippen molar-refractivity contribution in [3.8, 4) is 0 Å². The zero-order chi connectivity index (χ0) is 21.8. The van der Waals surface area contributed by atoms with E-state index < -0.39 is 23.2 Å². The highest BCUT2D eigenvalue weighted by molar-refractivity contribution is 6.30. The van der Waals surface area contributed by atoms with Crippen molar-refractivity contribution in [2.24, 2.45) is 0 Å². The predicted molar refractivity (Wildman–Crippen MR) is 118 cm³/mol. The van der Waals surface area contributed by atoms with Crippen LogP contribution in [0.4, 0.5) is 10.1 Å². The van der Waals surface area contributed by atoms with Crippen LogP contribution in [0.25, 0.3) is 0 Å². The van der Waals surface area contributed by atoms with Crippen molar-refractivity contribution in [1.29, 1.82) is 0 Å². The fourth-order valence-corrected chi connectivity index (χ4v) is 5.39. The SMILES string of the molecule is Cc1ccc(F)cc1C1CC(=O)NC(c2cccc(Cl)c2)C12C(=O)Nc1ccccc12. The standard InChI is InChI=1S/C25H20ClFN2O2/c1-14-9-10-17(27)12-18(14)20-13-22(30)29-23(15-5-4-6-16(26)11-15)25(20)19-7-2-3-8-21(19)28-24(25)31/h2-12,20,23H,13H2,1H3,(H,28,31)(H,29,30). The number of piperidine rings is 1. The number of halogens is 2. The van der Waals surface area contributed by atoms with Crippen molar-refractivity contribution in [2.75, 3.05) is 5.32 Å². The molecule has 0 radical (unpaired) electrons. The fraction of sp³-hybridized carbons (Fsp3) is 0.200. The summed E-state index contributed by atoms with van der Waals surface area (Å²) in [5, 5.41) is 6.56. The first-order chi connectivity index (χ1) is 14.9. The molecule has 0 bridgehead atoms. The minimum atomic E-state index is -1.15. The first-order valence-electron chi connectivity index (χ1n) is 10.1. The maximum atomic E-state index is 14.3. The first-order valence-corrected chi connectivity index (χ1v) is 10.5. The third kappa shape index (κ3) is 2.95. The van der Waals surface area contributed by atoms with Crippen molar-refractivity contribution < 1.29 is 14.0 Å². The minimum absolute atomic E-state index is 0.0725. The lowest BCUT2D eigenvalue weighted by molar-refractivity contribution is -0.131. The number of aryl methyl sites for hydroxylation is 1. The molecule has 1 fully saturated rings. The molecule has 4 nitrogen and oxygen atoms in total. The molecule has 0 aliphatic carbocycles. The van der Waals surface area contributed by atoms with Crippen LogP contribution in [0.15, 0.2) is 66.7 Å². The number of nitrogens with one attached hydrogen (secondary N) is 2. The predicted octanol–water partition coefficient (Wildman–Crippen LogP) is 5.02. The Labute approximate surface area is 184 Å². The Morgan fingerprint density at radius 2 is 1.84 bits per heavy atom. The molecule has 2 amide bonds. The summed E-state index contributed by atoms with van der Waals surface area (Å²) in [7, 11) is 0. The highest BCUT2D eigenvalue weighted by Gasteiger charge is 2.61. The zero-order valence-electron chi connectivity index (χ0n) is 16.8. The molecule has 3 aromatic carbocycles. The van der Waals surface area contributed by atoms with E-state index in [1.807, 2.05) is 37.3 Å². The average Bonchev–Trinajstić information content (AvgIpc) is 3.04. The normalized spacial score (nSPS) is 24.6. The van der Waals surface area contributed by atoms with E-state index in [0.29, 0.717) is 16.3 Å². The van der Waals surface area contributed by atoms with Gasteiger partial charge in [-0.3, -0.25) is 9.59 Å². The van der Waals surface area contributed by atoms with Crippen molar-refractivity contribution in [2.45, 2.75) is 30.7 Å². The zero-order valence-corrected chi connectivity index (χ0v) is 17.5. The molecule has 156 valence electrons. The lowest BCUT2D eigenvalue weighted by Crippen LogP contribution is -2.57. The summed E-state index contributed by atoms with van der Waals surface area (Å²) in [5.41, 5.74) is 2.57. The number of anilines is 1. The van der Waals surface area contributed by atoms with Crippen molar-refractivity contribution in [1.82, 2.24) is 5.32 Å². The molecular formula is C25H20ClFN2O2. The number of carbonyl (C=O) groups is 2. The van der Waals surface area contributed by atoms with E-state index in [1.165, 1.54) is 12.1 Å². The molecule has 2 aliphatic rings. The lowest BCUT2D eigenvalue weighted by Gasteiger charge is -2.46. The van der Waals surface area contributed by atoms with Crippen LogP contribution in [0, 0.1) is 12.7 Å². The van der Waals surface area contributed by atoms with Gasteiger partial charge in [0.1, 0.15) is 11.2 Å². The van der Waals surface area contributed by atoms with Gasteiger partial charge in [0.15, 0.2) is 0 Å². The second-order valence-electron chi connectivity index (χ2n) is 8.18. The van der Waals surface area contributed by atoms with Crippen LogP contribution in [-0.4, -0.2) is 11.8 Å². The number of hydrogen-bond donors (Lipinski definition) is 2. The minimum Gasteiger partial charge on any atom is -0.348 e. The number of benzene rings is 3. The van der Waals surface area contributed by atoms with Crippen molar-refractivity contribution >= 4 is 29.1 Å². The van der Waals surface area contributed by atoms with Crippen LogP contribution in [0.3, 0.4) is 0 Å². The van der Waals surface area contributed by atoms with E-state index >= 15 is 0 Å². The Bertz CT molecular complexity index is 1230. The van der Waals surface area contributed by atoms with Gasteiger partial charge in [-0.2, -0.15) is 0 Å². The molecule has 0 saturated carbocycles. The summed E-state index contributed by atoms with van der Waals surface area (Å²) in [6.07, 6.45) is 0.0725. The van der Waals surface area contributed by atoms with Crippen LogP contribution in [0.1, 0.15) is 40.6 Å². The Morgan fingerprint density at radius 3 is 2.65 bits per heavy atom. The Hall–Kier alpha value is -3.18. The van der Waals surface area contributed by atoms with E-state index in [0.717, 1.165) is 16.7 Å². The molecular weight excluding hydrogens is 415 g/mol. The van der Waals surface area contributed by atoms with E-state index in [4.69, 9.17) is 11.6 Å². The van der Waals surface area contributed by atoms with Gasteiger partial charge in [-0.1, -0.05) is 48.0 Å². The molecule has 5 rings (SSSR count). The Morgan fingerprint density at radius 1 is 1.03 bits per heavy atom. The second-order valence-corrected chi connectivity index (χ2v) is 8.62. The van der Waals surface area contributed by atoms with Crippen LogP contribution >= 0.6 is 11.6 Å². The third-order valence-electron chi connectivity index (χ3n) is 6.50. The van der Waals surface area contributed by atoms with Gasteiger partial charge >= 0.3 is 0 Å². The molecule has 6 heteroatoms. The van der Waals surface area contributed by atoms with Gasteiger partial charge in [-0.15, -0.1) is 0 Å². The molecule has 3 atom stereocenters. The van der Waals surface area contributed by atoms with E-state index in [-0.39, 0.29) is 18.2 Å². The average molecular weight is 435 g/mol. The third-order valence-corrected chi connectivity index (χ3v) is 6.73. The van der Waals surface area contributed by atoms with Gasteiger partial charge < -0.3 is 10.6 Å². The fourth-order valence-electron chi connectivity index (χ4n) is 5.19. The molecule has 1 saturated heterocycles. The van der Waals surface area contributed by atoms with Gasteiger partial charge in [0.2, 0.25) is 11.8 Å². The number of fused-ring (bicyclic) bond motifs is 2. The number of amides is 2. The topological polar surface area (TPSA) is 58.2 Å². The van der Waals surface area contributed by atoms with E-state index in [1.54, 1.807) is 24.3 Å². The monoisotopic (exact) mass is 434 g/mol. The molecule has 1 spiro atoms. The number of rotatable bonds is 2. The van der Waals surface area contributed by atoms with Crippen molar-refractivity contribution in [3.05, 3.63) is 99.8 Å². The molecule has 31 heavy (non-hydrogen) atoms. The van der Waals surface area contributed by atoms with Gasteiger partial charge in [-0.05, 0) is 59.5 Å². The maximum Gasteiger partial charge on any atom is 0.238 e. The Balaban J connectivity index is 1.83. The van der Waals surface area contributed by atoms with E-state index in [2.05, 4.69) is 10.6 Å². The first kappa shape index (κ1) is 19.8.